The van der Waals surface area contributed by atoms with Crippen LogP contribution < -0.4 is 14.8 Å². The molecule has 1 amide bonds. The summed E-state index contributed by atoms with van der Waals surface area (Å²) in [5.74, 6) is 1.04. The summed E-state index contributed by atoms with van der Waals surface area (Å²) in [6, 6.07) is 11.6. The Balaban J connectivity index is 1.78. The van der Waals surface area contributed by atoms with Gasteiger partial charge in [0.1, 0.15) is 11.3 Å². The van der Waals surface area contributed by atoms with E-state index < -0.39 is 0 Å². The number of likely N-dealkylation sites (tertiary alicyclic amines) is 1. The van der Waals surface area contributed by atoms with Crippen LogP contribution in [0.3, 0.4) is 0 Å². The number of carbonyl (C=O) groups excluding carboxylic acids is 1. The van der Waals surface area contributed by atoms with Gasteiger partial charge in [-0.15, -0.1) is 0 Å². The van der Waals surface area contributed by atoms with Crippen molar-refractivity contribution in [3.63, 3.8) is 0 Å². The van der Waals surface area contributed by atoms with Gasteiger partial charge in [0, 0.05) is 18.3 Å². The van der Waals surface area contributed by atoms with Gasteiger partial charge in [-0.2, -0.15) is 0 Å². The summed E-state index contributed by atoms with van der Waals surface area (Å²) in [5.41, 5.74) is 1.55. The molecule has 1 fully saturated rings. The van der Waals surface area contributed by atoms with E-state index in [1.54, 1.807) is 25.4 Å². The third-order valence-electron chi connectivity index (χ3n) is 4.83. The summed E-state index contributed by atoms with van der Waals surface area (Å²) in [6.45, 7) is 4.89. The third-order valence-corrected chi connectivity index (χ3v) is 4.83. The number of pyridine rings is 1. The van der Waals surface area contributed by atoms with Crippen molar-refractivity contribution in [3.8, 4) is 11.6 Å². The van der Waals surface area contributed by atoms with E-state index in [0.29, 0.717) is 24.6 Å². The zero-order valence-corrected chi connectivity index (χ0v) is 16.0. The fraction of sp³-hybridized carbons (Fsp3) is 0.429. The van der Waals surface area contributed by atoms with Crippen LogP contribution in [-0.2, 0) is 0 Å². The first-order valence-electron chi connectivity index (χ1n) is 9.47. The smallest absolute Gasteiger partial charge is 0.256 e. The Labute approximate surface area is 160 Å². The number of hydrogen-bond acceptors (Lipinski definition) is 5. The molecule has 2 aromatic rings. The molecule has 0 saturated carbocycles. The molecule has 6 heteroatoms. The van der Waals surface area contributed by atoms with E-state index >= 15 is 0 Å². The van der Waals surface area contributed by atoms with Crippen LogP contribution in [0.15, 0.2) is 42.6 Å². The lowest BCUT2D eigenvalue weighted by Gasteiger charge is -2.29. The topological polar surface area (TPSA) is 63.7 Å². The first-order chi connectivity index (χ1) is 13.2. The highest BCUT2D eigenvalue weighted by Gasteiger charge is 2.26. The molecule has 0 bridgehead atoms. The Hall–Kier alpha value is -2.60. The van der Waals surface area contributed by atoms with E-state index in [0.717, 1.165) is 24.4 Å². The summed E-state index contributed by atoms with van der Waals surface area (Å²) >= 11 is 0. The number of methoxy groups -OCH3 is 1. The lowest BCUT2D eigenvalue weighted by atomic mass is 10.0. The first kappa shape index (κ1) is 19.2. The van der Waals surface area contributed by atoms with E-state index in [4.69, 9.17) is 9.47 Å². The molecule has 2 heterocycles. The molecule has 1 aromatic heterocycles. The zero-order valence-electron chi connectivity index (χ0n) is 16.0. The van der Waals surface area contributed by atoms with Crippen molar-refractivity contribution in [2.45, 2.75) is 25.8 Å². The quantitative estimate of drug-likeness (QED) is 0.775. The summed E-state index contributed by atoms with van der Waals surface area (Å²) < 4.78 is 11.0. The minimum Gasteiger partial charge on any atom is -0.496 e. The minimum absolute atomic E-state index is 0.0693. The van der Waals surface area contributed by atoms with Crippen molar-refractivity contribution in [1.29, 1.82) is 0 Å². The molecular formula is C21H27N3O3. The van der Waals surface area contributed by atoms with Crippen LogP contribution in [0.4, 0.5) is 0 Å². The second-order valence-corrected chi connectivity index (χ2v) is 6.50. The fourth-order valence-electron chi connectivity index (χ4n) is 3.53. The number of aromatic nitrogens is 1. The second kappa shape index (κ2) is 9.37. The maximum Gasteiger partial charge on any atom is 0.256 e. The molecule has 0 radical (unpaired) electrons. The largest absolute Gasteiger partial charge is 0.496 e. The van der Waals surface area contributed by atoms with Gasteiger partial charge in [-0.05, 0) is 51.1 Å². The Morgan fingerprint density at radius 3 is 2.74 bits per heavy atom. The van der Waals surface area contributed by atoms with Crippen molar-refractivity contribution in [3.05, 3.63) is 53.7 Å². The van der Waals surface area contributed by atoms with Crippen LogP contribution >= 0.6 is 0 Å². The van der Waals surface area contributed by atoms with E-state index in [1.807, 2.05) is 25.1 Å². The number of benzene rings is 1. The molecule has 1 aliphatic rings. The molecule has 3 rings (SSSR count). The first-order valence-corrected chi connectivity index (χ1v) is 9.47. The number of amides is 1. The molecule has 1 N–H and O–H groups in total. The van der Waals surface area contributed by atoms with E-state index in [2.05, 4.69) is 21.3 Å². The standard InChI is InChI=1S/C21H27N3O3/c1-3-27-21-17(10-8-12-22-21)20(25)23-15-18(24-13-6-7-14-24)16-9-4-5-11-19(16)26-2/h4-5,8-12,18H,3,6-7,13-15H2,1-2H3,(H,23,25). The number of carbonyl (C=O) groups is 1. The van der Waals surface area contributed by atoms with Crippen LogP contribution in [0.5, 0.6) is 11.6 Å². The average molecular weight is 369 g/mol. The zero-order chi connectivity index (χ0) is 19.1. The van der Waals surface area contributed by atoms with Crippen LogP contribution in [0.25, 0.3) is 0 Å². The molecule has 6 nitrogen and oxygen atoms in total. The van der Waals surface area contributed by atoms with Gasteiger partial charge in [-0.25, -0.2) is 4.98 Å². The Kier molecular flexibility index (Phi) is 6.65. The van der Waals surface area contributed by atoms with Gasteiger partial charge < -0.3 is 14.8 Å². The highest BCUT2D eigenvalue weighted by Crippen LogP contribution is 2.31. The van der Waals surface area contributed by atoms with Crippen LogP contribution in [0.2, 0.25) is 0 Å². The van der Waals surface area contributed by atoms with Crippen molar-refractivity contribution in [2.75, 3.05) is 33.4 Å². The molecule has 1 atom stereocenters. The molecule has 1 aromatic carbocycles. The summed E-state index contributed by atoms with van der Waals surface area (Å²) in [6.07, 6.45) is 3.98. The van der Waals surface area contributed by atoms with E-state index in [-0.39, 0.29) is 11.9 Å². The Bertz CT molecular complexity index is 760. The van der Waals surface area contributed by atoms with Crippen molar-refractivity contribution in [1.82, 2.24) is 15.2 Å². The Morgan fingerprint density at radius 1 is 1.22 bits per heavy atom. The monoisotopic (exact) mass is 369 g/mol. The van der Waals surface area contributed by atoms with Crippen LogP contribution in [0, 0.1) is 0 Å². The molecule has 1 aliphatic heterocycles. The van der Waals surface area contributed by atoms with Crippen molar-refractivity contribution < 1.29 is 14.3 Å². The lowest BCUT2D eigenvalue weighted by molar-refractivity contribution is 0.0932. The van der Waals surface area contributed by atoms with Crippen LogP contribution in [-0.4, -0.2) is 49.1 Å². The van der Waals surface area contributed by atoms with Gasteiger partial charge in [0.05, 0.1) is 19.8 Å². The third kappa shape index (κ3) is 4.57. The average Bonchev–Trinajstić information content (AvgIpc) is 3.23. The minimum atomic E-state index is -0.175. The summed E-state index contributed by atoms with van der Waals surface area (Å²) in [5, 5.41) is 3.07. The molecule has 0 spiro atoms. The number of para-hydroxylation sites is 1. The molecule has 1 unspecified atom stereocenters. The number of ether oxygens (including phenoxy) is 2. The summed E-state index contributed by atoms with van der Waals surface area (Å²) in [7, 11) is 1.68. The fourth-order valence-corrected chi connectivity index (χ4v) is 3.53. The van der Waals surface area contributed by atoms with Gasteiger partial charge in [-0.3, -0.25) is 9.69 Å². The number of nitrogens with one attached hydrogen (secondary N) is 1. The van der Waals surface area contributed by atoms with Gasteiger partial charge in [0.2, 0.25) is 5.88 Å². The Morgan fingerprint density at radius 2 is 2.00 bits per heavy atom. The SMILES string of the molecule is CCOc1ncccc1C(=O)NCC(c1ccccc1OC)N1CCCC1. The predicted molar refractivity (Wildman–Crippen MR) is 104 cm³/mol. The normalized spacial score (nSPS) is 15.3. The predicted octanol–water partition coefficient (Wildman–Crippen LogP) is 3.06. The number of rotatable bonds is 8. The van der Waals surface area contributed by atoms with Gasteiger partial charge in [-0.1, -0.05) is 18.2 Å². The van der Waals surface area contributed by atoms with Gasteiger partial charge in [0.25, 0.3) is 5.91 Å². The highest BCUT2D eigenvalue weighted by atomic mass is 16.5. The highest BCUT2D eigenvalue weighted by molar-refractivity contribution is 5.96. The van der Waals surface area contributed by atoms with E-state index in [1.165, 1.54) is 12.8 Å². The second-order valence-electron chi connectivity index (χ2n) is 6.50. The maximum absolute atomic E-state index is 12.8. The molecule has 144 valence electrons. The maximum atomic E-state index is 12.8. The molecular weight excluding hydrogens is 342 g/mol. The molecule has 0 aliphatic carbocycles. The molecule has 1 saturated heterocycles. The number of nitrogens with zero attached hydrogens (tertiary/aromatic N) is 2. The van der Waals surface area contributed by atoms with E-state index in [9.17, 15) is 4.79 Å². The van der Waals surface area contributed by atoms with Gasteiger partial charge >= 0.3 is 0 Å². The number of hydrogen-bond donors (Lipinski definition) is 1. The van der Waals surface area contributed by atoms with Gasteiger partial charge in [0.15, 0.2) is 0 Å². The van der Waals surface area contributed by atoms with Crippen molar-refractivity contribution in [2.24, 2.45) is 0 Å². The van der Waals surface area contributed by atoms with Crippen molar-refractivity contribution >= 4 is 5.91 Å². The summed E-state index contributed by atoms with van der Waals surface area (Å²) in [4.78, 5) is 19.3. The molecule has 27 heavy (non-hydrogen) atoms. The van der Waals surface area contributed by atoms with Crippen LogP contribution in [0.1, 0.15) is 41.7 Å². The lowest BCUT2D eigenvalue weighted by Crippen LogP contribution is -2.37.